The van der Waals surface area contributed by atoms with Gasteiger partial charge in [-0.2, -0.15) is 0 Å². The molecule has 0 spiro atoms. The maximum absolute atomic E-state index is 10.4. The second-order valence-corrected chi connectivity index (χ2v) is 7.01. The third-order valence-corrected chi connectivity index (χ3v) is 4.94. The summed E-state index contributed by atoms with van der Waals surface area (Å²) in [4.78, 5) is 7.96. The normalized spacial score (nSPS) is 20.0. The van der Waals surface area contributed by atoms with Gasteiger partial charge < -0.3 is 10.1 Å². The number of aromatic amines is 1. The Morgan fingerprint density at radius 3 is 2.36 bits per heavy atom. The SMILES string of the molecule is O[C@H]1CN(Cc2ccccc2)CCN(Cc2ccc3[nH]ccc3c2)C1. The van der Waals surface area contributed by atoms with Crippen molar-refractivity contribution in [3.05, 3.63) is 71.9 Å². The van der Waals surface area contributed by atoms with Gasteiger partial charge in [0.2, 0.25) is 0 Å². The van der Waals surface area contributed by atoms with Gasteiger partial charge in [0.25, 0.3) is 0 Å². The van der Waals surface area contributed by atoms with Crippen molar-refractivity contribution in [2.24, 2.45) is 0 Å². The summed E-state index contributed by atoms with van der Waals surface area (Å²) in [5.74, 6) is 0. The fraction of sp³-hybridized carbons (Fsp3) is 0.333. The second kappa shape index (κ2) is 7.40. The van der Waals surface area contributed by atoms with Crippen molar-refractivity contribution >= 4 is 10.9 Å². The van der Waals surface area contributed by atoms with Gasteiger partial charge in [0, 0.05) is 51.0 Å². The summed E-state index contributed by atoms with van der Waals surface area (Å²) in [5, 5.41) is 11.7. The zero-order valence-corrected chi connectivity index (χ0v) is 14.4. The standard InChI is InChI=1S/C21H25N3O/c25-20-15-23(13-17-4-2-1-3-5-17)10-11-24(16-20)14-18-6-7-21-19(12-18)8-9-22-21/h1-9,12,20,22,25H,10-11,13-16H2/t20-/m0/s1. The lowest BCUT2D eigenvalue weighted by Crippen LogP contribution is -2.33. The lowest BCUT2D eigenvalue weighted by Gasteiger charge is -2.21. The van der Waals surface area contributed by atoms with Gasteiger partial charge in [-0.1, -0.05) is 36.4 Å². The molecule has 4 heteroatoms. The number of rotatable bonds is 4. The molecule has 2 aromatic carbocycles. The van der Waals surface area contributed by atoms with E-state index in [-0.39, 0.29) is 6.10 Å². The molecule has 25 heavy (non-hydrogen) atoms. The first-order chi connectivity index (χ1) is 12.3. The van der Waals surface area contributed by atoms with Crippen LogP contribution >= 0.6 is 0 Å². The molecule has 0 radical (unpaired) electrons. The van der Waals surface area contributed by atoms with E-state index in [0.717, 1.165) is 39.3 Å². The molecule has 1 saturated heterocycles. The average molecular weight is 335 g/mol. The van der Waals surface area contributed by atoms with E-state index >= 15 is 0 Å². The lowest BCUT2D eigenvalue weighted by atomic mass is 10.1. The number of aromatic nitrogens is 1. The maximum Gasteiger partial charge on any atom is 0.0794 e. The molecule has 130 valence electrons. The van der Waals surface area contributed by atoms with Gasteiger partial charge in [0.15, 0.2) is 0 Å². The fourth-order valence-electron chi connectivity index (χ4n) is 3.71. The van der Waals surface area contributed by atoms with Crippen LogP contribution in [0.2, 0.25) is 0 Å². The smallest absolute Gasteiger partial charge is 0.0794 e. The van der Waals surface area contributed by atoms with Gasteiger partial charge in [-0.15, -0.1) is 0 Å². The van der Waals surface area contributed by atoms with E-state index in [4.69, 9.17) is 0 Å². The van der Waals surface area contributed by atoms with E-state index in [1.165, 1.54) is 22.0 Å². The zero-order valence-electron chi connectivity index (χ0n) is 14.4. The first-order valence-electron chi connectivity index (χ1n) is 8.99. The summed E-state index contributed by atoms with van der Waals surface area (Å²) < 4.78 is 0. The minimum Gasteiger partial charge on any atom is -0.390 e. The van der Waals surface area contributed by atoms with Crippen LogP contribution in [0.3, 0.4) is 0 Å². The van der Waals surface area contributed by atoms with Gasteiger partial charge in [-0.3, -0.25) is 9.80 Å². The molecule has 1 fully saturated rings. The molecule has 2 N–H and O–H groups in total. The molecule has 1 aromatic heterocycles. The molecule has 0 saturated carbocycles. The quantitative estimate of drug-likeness (QED) is 0.770. The minimum atomic E-state index is -0.304. The predicted molar refractivity (Wildman–Crippen MR) is 101 cm³/mol. The molecule has 0 bridgehead atoms. The van der Waals surface area contributed by atoms with Crippen LogP contribution < -0.4 is 0 Å². The highest BCUT2D eigenvalue weighted by Gasteiger charge is 2.21. The van der Waals surface area contributed by atoms with Crippen LogP contribution in [-0.4, -0.2) is 52.2 Å². The molecule has 0 amide bonds. The monoisotopic (exact) mass is 335 g/mol. The van der Waals surface area contributed by atoms with Crippen molar-refractivity contribution in [2.75, 3.05) is 26.2 Å². The molecule has 1 atom stereocenters. The van der Waals surface area contributed by atoms with Crippen LogP contribution in [0, 0.1) is 0 Å². The zero-order chi connectivity index (χ0) is 17.1. The minimum absolute atomic E-state index is 0.304. The summed E-state index contributed by atoms with van der Waals surface area (Å²) in [6.07, 6.45) is 1.67. The summed E-state index contributed by atoms with van der Waals surface area (Å²) >= 11 is 0. The fourth-order valence-corrected chi connectivity index (χ4v) is 3.71. The first-order valence-corrected chi connectivity index (χ1v) is 8.99. The first kappa shape index (κ1) is 16.3. The van der Waals surface area contributed by atoms with Crippen LogP contribution in [0.5, 0.6) is 0 Å². The summed E-state index contributed by atoms with van der Waals surface area (Å²) in [6.45, 7) is 5.23. The number of fused-ring (bicyclic) bond motifs is 1. The van der Waals surface area contributed by atoms with E-state index < -0.39 is 0 Å². The van der Waals surface area contributed by atoms with Gasteiger partial charge >= 0.3 is 0 Å². The van der Waals surface area contributed by atoms with Gasteiger partial charge in [0.05, 0.1) is 6.10 Å². The van der Waals surface area contributed by atoms with Crippen LogP contribution in [0.15, 0.2) is 60.8 Å². The maximum atomic E-state index is 10.4. The van der Waals surface area contributed by atoms with Gasteiger partial charge in [0.1, 0.15) is 0 Å². The molecular formula is C21H25N3O. The third kappa shape index (κ3) is 4.10. The molecule has 3 aromatic rings. The number of H-pyrrole nitrogens is 1. The Morgan fingerprint density at radius 1 is 0.880 bits per heavy atom. The van der Waals surface area contributed by atoms with Crippen molar-refractivity contribution < 1.29 is 5.11 Å². The third-order valence-electron chi connectivity index (χ3n) is 4.94. The van der Waals surface area contributed by atoms with E-state index in [9.17, 15) is 5.11 Å². The van der Waals surface area contributed by atoms with Gasteiger partial charge in [-0.25, -0.2) is 0 Å². The molecule has 1 aliphatic rings. The average Bonchev–Trinajstić information content (AvgIpc) is 3.01. The number of benzene rings is 2. The summed E-state index contributed by atoms with van der Waals surface area (Å²) in [7, 11) is 0. The Labute approximate surface area is 148 Å². The van der Waals surface area contributed by atoms with Crippen molar-refractivity contribution in [1.29, 1.82) is 0 Å². The van der Waals surface area contributed by atoms with Crippen LogP contribution in [0.1, 0.15) is 11.1 Å². The Balaban J connectivity index is 1.40. The number of nitrogens with zero attached hydrogens (tertiary/aromatic N) is 2. The highest BCUT2D eigenvalue weighted by Crippen LogP contribution is 2.17. The molecule has 0 unspecified atom stereocenters. The molecule has 4 rings (SSSR count). The van der Waals surface area contributed by atoms with Crippen LogP contribution in [0.25, 0.3) is 10.9 Å². The van der Waals surface area contributed by atoms with Crippen LogP contribution in [-0.2, 0) is 13.1 Å². The van der Waals surface area contributed by atoms with Crippen molar-refractivity contribution in [1.82, 2.24) is 14.8 Å². The van der Waals surface area contributed by atoms with Crippen molar-refractivity contribution in [3.63, 3.8) is 0 Å². The van der Waals surface area contributed by atoms with E-state index in [1.807, 2.05) is 12.3 Å². The van der Waals surface area contributed by atoms with E-state index in [1.54, 1.807) is 0 Å². The summed E-state index contributed by atoms with van der Waals surface area (Å²) in [6, 6.07) is 19.2. The Hall–Kier alpha value is -2.14. The van der Waals surface area contributed by atoms with Crippen LogP contribution in [0.4, 0.5) is 0 Å². The Kier molecular flexibility index (Phi) is 4.83. The summed E-state index contributed by atoms with van der Waals surface area (Å²) in [5.41, 5.74) is 3.78. The number of aliphatic hydroxyl groups excluding tert-OH is 1. The Bertz CT molecular complexity index is 814. The van der Waals surface area contributed by atoms with E-state index in [0.29, 0.717) is 0 Å². The highest BCUT2D eigenvalue weighted by atomic mass is 16.3. The number of aliphatic hydroxyl groups is 1. The molecular weight excluding hydrogens is 310 g/mol. The molecule has 4 nitrogen and oxygen atoms in total. The van der Waals surface area contributed by atoms with Crippen molar-refractivity contribution in [3.8, 4) is 0 Å². The van der Waals surface area contributed by atoms with Crippen molar-refractivity contribution in [2.45, 2.75) is 19.2 Å². The molecule has 0 aliphatic carbocycles. The molecule has 1 aliphatic heterocycles. The number of β-amino-alcohol motifs (C(OH)–C–C–N with tert-alkyl or cyclic N) is 1. The van der Waals surface area contributed by atoms with Gasteiger partial charge in [-0.05, 0) is 34.7 Å². The lowest BCUT2D eigenvalue weighted by molar-refractivity contribution is 0.106. The number of nitrogens with one attached hydrogen (secondary N) is 1. The van der Waals surface area contributed by atoms with E-state index in [2.05, 4.69) is 63.3 Å². The Morgan fingerprint density at radius 2 is 1.60 bits per heavy atom. The number of hydrogen-bond donors (Lipinski definition) is 2. The topological polar surface area (TPSA) is 42.5 Å². The highest BCUT2D eigenvalue weighted by molar-refractivity contribution is 5.79. The predicted octanol–water partition coefficient (Wildman–Crippen LogP) is 2.85. The second-order valence-electron chi connectivity index (χ2n) is 7.01. The molecule has 2 heterocycles. The number of hydrogen-bond acceptors (Lipinski definition) is 3. The largest absolute Gasteiger partial charge is 0.390 e.